The van der Waals surface area contributed by atoms with E-state index in [0.717, 1.165) is 32.1 Å². The molecular weight excluding hydrogens is 428 g/mol. The lowest BCUT2D eigenvalue weighted by Crippen LogP contribution is -2.58. The molecule has 1 heterocycles. The zero-order chi connectivity index (χ0) is 20.3. The van der Waals surface area contributed by atoms with Crippen molar-refractivity contribution in [2.75, 3.05) is 13.7 Å². The summed E-state index contributed by atoms with van der Waals surface area (Å²) in [6, 6.07) is 2.60. The molecule has 0 spiro atoms. The van der Waals surface area contributed by atoms with E-state index in [-0.39, 0.29) is 11.6 Å². The fourth-order valence-electron chi connectivity index (χ4n) is 3.59. The molecule has 0 atom stereocenters. The zero-order valence-corrected chi connectivity index (χ0v) is 17.5. The summed E-state index contributed by atoms with van der Waals surface area (Å²) in [4.78, 5) is 38.9. The van der Waals surface area contributed by atoms with E-state index in [9.17, 15) is 14.4 Å². The van der Waals surface area contributed by atoms with Crippen molar-refractivity contribution in [1.82, 2.24) is 10.2 Å². The van der Waals surface area contributed by atoms with E-state index < -0.39 is 17.8 Å². The van der Waals surface area contributed by atoms with Crippen LogP contribution in [0, 0.1) is 0 Å². The minimum absolute atomic E-state index is 0.0708. The number of rotatable bonds is 5. The number of nitrogens with zero attached hydrogens (tertiary/aromatic N) is 1. The largest absolute Gasteiger partial charge is 0.493 e. The number of halogens is 1. The van der Waals surface area contributed by atoms with Crippen LogP contribution in [-0.4, -0.2) is 42.5 Å². The highest BCUT2D eigenvalue weighted by Crippen LogP contribution is 2.35. The zero-order valence-electron chi connectivity index (χ0n) is 15.9. The summed E-state index contributed by atoms with van der Waals surface area (Å²) in [6.45, 7) is 2.29. The highest BCUT2D eigenvalue weighted by atomic mass is 79.9. The van der Waals surface area contributed by atoms with Crippen LogP contribution in [0.5, 0.6) is 11.5 Å². The summed E-state index contributed by atoms with van der Waals surface area (Å²) < 4.78 is 11.5. The second-order valence-electron chi connectivity index (χ2n) is 6.74. The van der Waals surface area contributed by atoms with Crippen molar-refractivity contribution in [3.8, 4) is 11.5 Å². The van der Waals surface area contributed by atoms with Crippen LogP contribution in [0.1, 0.15) is 44.6 Å². The average molecular weight is 451 g/mol. The van der Waals surface area contributed by atoms with E-state index in [1.807, 2.05) is 6.92 Å². The molecule has 1 saturated carbocycles. The maximum Gasteiger partial charge on any atom is 0.331 e. The van der Waals surface area contributed by atoms with Crippen LogP contribution in [0.15, 0.2) is 22.2 Å². The predicted octanol–water partition coefficient (Wildman–Crippen LogP) is 3.65. The Labute approximate surface area is 172 Å². The molecule has 1 saturated heterocycles. The Morgan fingerprint density at radius 3 is 2.54 bits per heavy atom. The smallest absolute Gasteiger partial charge is 0.331 e. The van der Waals surface area contributed by atoms with E-state index in [1.165, 1.54) is 18.1 Å². The number of amides is 4. The highest BCUT2D eigenvalue weighted by molar-refractivity contribution is 9.10. The third-order valence-electron chi connectivity index (χ3n) is 4.96. The van der Waals surface area contributed by atoms with Gasteiger partial charge in [-0.25, -0.2) is 4.79 Å². The Hall–Kier alpha value is -2.35. The van der Waals surface area contributed by atoms with Gasteiger partial charge in [-0.3, -0.25) is 19.8 Å². The van der Waals surface area contributed by atoms with Crippen molar-refractivity contribution in [1.29, 1.82) is 0 Å². The number of ether oxygens (including phenoxy) is 2. The van der Waals surface area contributed by atoms with Gasteiger partial charge in [0.25, 0.3) is 11.8 Å². The van der Waals surface area contributed by atoms with Crippen molar-refractivity contribution in [3.63, 3.8) is 0 Å². The van der Waals surface area contributed by atoms with Gasteiger partial charge in [-0.1, -0.05) is 35.2 Å². The molecule has 4 amide bonds. The first-order valence-electron chi connectivity index (χ1n) is 9.37. The molecule has 0 unspecified atom stereocenters. The molecule has 8 heteroatoms. The van der Waals surface area contributed by atoms with Gasteiger partial charge in [0.1, 0.15) is 5.57 Å². The van der Waals surface area contributed by atoms with Crippen LogP contribution >= 0.6 is 15.9 Å². The van der Waals surface area contributed by atoms with Crippen LogP contribution in [0.2, 0.25) is 0 Å². The Balaban J connectivity index is 1.97. The lowest BCUT2D eigenvalue weighted by atomic mass is 9.93. The number of benzene rings is 1. The second-order valence-corrected chi connectivity index (χ2v) is 7.60. The standard InChI is InChI=1S/C20H23BrN2O5/c1-3-28-17-10-12(15(21)11-16(17)27-2)9-14-18(24)22-20(26)23(19(14)25)13-7-5-4-6-8-13/h9-11,13H,3-8H2,1-2H3,(H,22,24,26)/b14-9-. The molecule has 0 radical (unpaired) electrons. The van der Waals surface area contributed by atoms with Crippen LogP contribution in [0.25, 0.3) is 6.08 Å². The van der Waals surface area contributed by atoms with Gasteiger partial charge < -0.3 is 9.47 Å². The van der Waals surface area contributed by atoms with Gasteiger partial charge in [0.05, 0.1) is 13.7 Å². The van der Waals surface area contributed by atoms with Gasteiger partial charge in [0, 0.05) is 10.5 Å². The molecule has 2 aliphatic rings. The third kappa shape index (κ3) is 4.06. The Kier molecular flexibility index (Phi) is 6.39. The topological polar surface area (TPSA) is 84.9 Å². The Morgan fingerprint density at radius 1 is 1.18 bits per heavy atom. The molecule has 1 aromatic rings. The number of barbiturate groups is 1. The lowest BCUT2D eigenvalue weighted by Gasteiger charge is -2.35. The first-order valence-corrected chi connectivity index (χ1v) is 10.2. The first kappa shape index (κ1) is 20.4. The fraction of sp³-hybridized carbons (Fsp3) is 0.450. The lowest BCUT2D eigenvalue weighted by molar-refractivity contribution is -0.132. The molecule has 0 aromatic heterocycles. The molecule has 150 valence electrons. The van der Waals surface area contributed by atoms with E-state index in [0.29, 0.717) is 28.1 Å². The molecule has 1 aliphatic carbocycles. The van der Waals surface area contributed by atoms with Gasteiger partial charge in [0.15, 0.2) is 11.5 Å². The van der Waals surface area contributed by atoms with Crippen LogP contribution in [0.3, 0.4) is 0 Å². The second kappa shape index (κ2) is 8.77. The van der Waals surface area contributed by atoms with Crippen molar-refractivity contribution >= 4 is 39.9 Å². The van der Waals surface area contributed by atoms with Gasteiger partial charge >= 0.3 is 6.03 Å². The average Bonchev–Trinajstić information content (AvgIpc) is 2.68. The van der Waals surface area contributed by atoms with Gasteiger partial charge in [-0.2, -0.15) is 0 Å². The van der Waals surface area contributed by atoms with Gasteiger partial charge in [-0.15, -0.1) is 0 Å². The minimum Gasteiger partial charge on any atom is -0.493 e. The number of hydrogen-bond donors (Lipinski definition) is 1. The summed E-state index contributed by atoms with van der Waals surface area (Å²) in [5, 5.41) is 2.30. The van der Waals surface area contributed by atoms with Crippen molar-refractivity contribution in [2.45, 2.75) is 45.1 Å². The van der Waals surface area contributed by atoms with Crippen molar-refractivity contribution in [2.24, 2.45) is 0 Å². The SMILES string of the molecule is CCOc1cc(/C=C2/C(=O)NC(=O)N(C3CCCCC3)C2=O)c(Br)cc1OC. The molecule has 1 aromatic carbocycles. The Bertz CT molecular complexity index is 830. The molecule has 7 nitrogen and oxygen atoms in total. The number of methoxy groups -OCH3 is 1. The predicted molar refractivity (Wildman–Crippen MR) is 107 cm³/mol. The van der Waals surface area contributed by atoms with E-state index in [2.05, 4.69) is 21.2 Å². The quantitative estimate of drug-likeness (QED) is 0.546. The molecule has 28 heavy (non-hydrogen) atoms. The summed E-state index contributed by atoms with van der Waals surface area (Å²) in [7, 11) is 1.54. The van der Waals surface area contributed by atoms with Crippen LogP contribution < -0.4 is 14.8 Å². The van der Waals surface area contributed by atoms with Crippen molar-refractivity contribution < 1.29 is 23.9 Å². The molecule has 1 aliphatic heterocycles. The van der Waals surface area contributed by atoms with E-state index in [1.54, 1.807) is 12.1 Å². The summed E-state index contributed by atoms with van der Waals surface area (Å²) in [5.74, 6) is -0.206. The number of imide groups is 2. The number of carbonyl (C=O) groups excluding carboxylic acids is 3. The molecule has 2 fully saturated rings. The molecule has 3 rings (SSSR count). The van der Waals surface area contributed by atoms with Crippen LogP contribution in [-0.2, 0) is 9.59 Å². The maximum absolute atomic E-state index is 13.0. The van der Waals surface area contributed by atoms with Gasteiger partial charge in [-0.05, 0) is 43.5 Å². The number of carbonyl (C=O) groups is 3. The molecular formula is C20H23BrN2O5. The van der Waals surface area contributed by atoms with Crippen LogP contribution in [0.4, 0.5) is 4.79 Å². The number of hydrogen-bond acceptors (Lipinski definition) is 5. The summed E-state index contributed by atoms with van der Waals surface area (Å²) in [5.41, 5.74) is 0.513. The fourth-order valence-corrected chi connectivity index (χ4v) is 4.02. The molecule has 1 N–H and O–H groups in total. The third-order valence-corrected chi connectivity index (χ3v) is 5.64. The minimum atomic E-state index is -0.692. The van der Waals surface area contributed by atoms with Crippen molar-refractivity contribution in [3.05, 3.63) is 27.7 Å². The van der Waals surface area contributed by atoms with E-state index in [4.69, 9.17) is 9.47 Å². The highest BCUT2D eigenvalue weighted by Gasteiger charge is 2.40. The normalized spacial score (nSPS) is 19.8. The Morgan fingerprint density at radius 2 is 1.89 bits per heavy atom. The number of urea groups is 1. The molecule has 0 bridgehead atoms. The monoisotopic (exact) mass is 450 g/mol. The van der Waals surface area contributed by atoms with E-state index >= 15 is 0 Å². The van der Waals surface area contributed by atoms with Gasteiger partial charge in [0.2, 0.25) is 0 Å². The first-order chi connectivity index (χ1) is 13.5. The maximum atomic E-state index is 13.0. The summed E-state index contributed by atoms with van der Waals surface area (Å²) >= 11 is 3.44. The number of nitrogens with one attached hydrogen (secondary N) is 1. The summed E-state index contributed by atoms with van der Waals surface area (Å²) in [6.07, 6.45) is 6.04.